The van der Waals surface area contributed by atoms with Gasteiger partial charge in [-0.05, 0) is 67.3 Å². The third-order valence-corrected chi connectivity index (χ3v) is 4.62. The van der Waals surface area contributed by atoms with Crippen LogP contribution in [0.4, 0.5) is 5.69 Å². The molecule has 0 aromatic heterocycles. The maximum atomic E-state index is 12.2. The van der Waals surface area contributed by atoms with Crippen molar-refractivity contribution in [3.63, 3.8) is 0 Å². The van der Waals surface area contributed by atoms with Gasteiger partial charge >= 0.3 is 0 Å². The number of halogens is 2. The van der Waals surface area contributed by atoms with Gasteiger partial charge in [-0.25, -0.2) is 0 Å². The van der Waals surface area contributed by atoms with Crippen LogP contribution in [0.15, 0.2) is 45.9 Å². The summed E-state index contributed by atoms with van der Waals surface area (Å²) in [5, 5.41) is 12.6. The SMILES string of the molecule is C=Cc1ccc2c(c1)NC(=O)/C2=C\c1cc(Br)c(O)c(Br)c1. The average molecular weight is 421 g/mol. The lowest BCUT2D eigenvalue weighted by molar-refractivity contribution is -0.110. The summed E-state index contributed by atoms with van der Waals surface area (Å²) >= 11 is 6.58. The third kappa shape index (κ3) is 2.62. The van der Waals surface area contributed by atoms with E-state index in [0.717, 1.165) is 22.4 Å². The number of phenols is 1. The second-order valence-electron chi connectivity index (χ2n) is 4.85. The van der Waals surface area contributed by atoms with Crippen molar-refractivity contribution in [3.8, 4) is 5.75 Å². The van der Waals surface area contributed by atoms with Crippen molar-refractivity contribution < 1.29 is 9.90 Å². The first-order chi connectivity index (χ1) is 10.5. The van der Waals surface area contributed by atoms with E-state index >= 15 is 0 Å². The number of amides is 1. The van der Waals surface area contributed by atoms with Gasteiger partial charge in [-0.2, -0.15) is 0 Å². The van der Waals surface area contributed by atoms with Gasteiger partial charge in [-0.3, -0.25) is 4.79 Å². The topological polar surface area (TPSA) is 49.3 Å². The van der Waals surface area contributed by atoms with Crippen molar-refractivity contribution in [1.29, 1.82) is 0 Å². The molecule has 0 spiro atoms. The van der Waals surface area contributed by atoms with Gasteiger partial charge in [0, 0.05) is 16.8 Å². The van der Waals surface area contributed by atoms with Gasteiger partial charge in [-0.15, -0.1) is 0 Å². The second-order valence-corrected chi connectivity index (χ2v) is 6.56. The Morgan fingerprint density at radius 2 is 1.77 bits per heavy atom. The number of rotatable bonds is 2. The van der Waals surface area contributed by atoms with E-state index in [2.05, 4.69) is 43.8 Å². The number of hydrogen-bond acceptors (Lipinski definition) is 2. The van der Waals surface area contributed by atoms with Gasteiger partial charge in [0.1, 0.15) is 5.75 Å². The first-order valence-corrected chi connectivity index (χ1v) is 8.06. The highest BCUT2D eigenvalue weighted by molar-refractivity contribution is 9.11. The maximum Gasteiger partial charge on any atom is 0.256 e. The number of carbonyl (C=O) groups excluding carboxylic acids is 1. The molecule has 0 unspecified atom stereocenters. The van der Waals surface area contributed by atoms with Crippen LogP contribution in [-0.4, -0.2) is 11.0 Å². The minimum absolute atomic E-state index is 0.133. The molecule has 2 aromatic carbocycles. The first-order valence-electron chi connectivity index (χ1n) is 6.47. The van der Waals surface area contributed by atoms with Crippen LogP contribution in [0.1, 0.15) is 16.7 Å². The Kier molecular flexibility index (Phi) is 3.93. The summed E-state index contributed by atoms with van der Waals surface area (Å²) < 4.78 is 1.13. The summed E-state index contributed by atoms with van der Waals surface area (Å²) in [6.45, 7) is 3.73. The maximum absolute atomic E-state index is 12.2. The van der Waals surface area contributed by atoms with Crippen LogP contribution in [0.3, 0.4) is 0 Å². The van der Waals surface area contributed by atoms with Gasteiger partial charge in [0.15, 0.2) is 0 Å². The van der Waals surface area contributed by atoms with E-state index in [1.807, 2.05) is 18.2 Å². The minimum atomic E-state index is -0.142. The number of nitrogens with one attached hydrogen (secondary N) is 1. The standard InChI is InChI=1S/C17H11Br2NO2/c1-2-9-3-4-11-12(17(22)20-15(11)8-9)5-10-6-13(18)16(21)14(19)7-10/h2-8,21H,1H2,(H,20,22)/b12-5-. The van der Waals surface area contributed by atoms with Crippen LogP contribution >= 0.6 is 31.9 Å². The molecule has 0 saturated carbocycles. The number of aromatic hydroxyl groups is 1. The Morgan fingerprint density at radius 1 is 1.09 bits per heavy atom. The van der Waals surface area contributed by atoms with Gasteiger partial charge in [0.2, 0.25) is 0 Å². The van der Waals surface area contributed by atoms with E-state index in [-0.39, 0.29) is 11.7 Å². The molecule has 3 rings (SSSR count). The molecule has 5 heteroatoms. The average Bonchev–Trinajstić information content (AvgIpc) is 2.79. The Bertz CT molecular complexity index is 818. The molecule has 1 amide bonds. The summed E-state index contributed by atoms with van der Waals surface area (Å²) in [6, 6.07) is 9.24. The fourth-order valence-electron chi connectivity index (χ4n) is 2.32. The highest BCUT2D eigenvalue weighted by Gasteiger charge is 2.24. The molecule has 3 nitrogen and oxygen atoms in total. The van der Waals surface area contributed by atoms with E-state index in [0.29, 0.717) is 14.5 Å². The van der Waals surface area contributed by atoms with E-state index < -0.39 is 0 Å². The molecule has 0 fully saturated rings. The third-order valence-electron chi connectivity index (χ3n) is 3.41. The van der Waals surface area contributed by atoms with Gasteiger partial charge in [0.05, 0.1) is 8.95 Å². The van der Waals surface area contributed by atoms with Crippen molar-refractivity contribution in [3.05, 3.63) is 62.5 Å². The molecule has 0 bridgehead atoms. The Morgan fingerprint density at radius 3 is 2.41 bits per heavy atom. The molecule has 1 heterocycles. The molecule has 0 saturated heterocycles. The van der Waals surface area contributed by atoms with E-state index in [4.69, 9.17) is 0 Å². The van der Waals surface area contributed by atoms with Gasteiger partial charge < -0.3 is 10.4 Å². The zero-order valence-electron chi connectivity index (χ0n) is 11.4. The van der Waals surface area contributed by atoms with E-state index in [1.165, 1.54) is 0 Å². The minimum Gasteiger partial charge on any atom is -0.506 e. The summed E-state index contributed by atoms with van der Waals surface area (Å²) in [7, 11) is 0. The molecule has 2 N–H and O–H groups in total. The van der Waals surface area contributed by atoms with Crippen molar-refractivity contribution >= 4 is 61.2 Å². The molecular formula is C17H11Br2NO2. The summed E-state index contributed by atoms with van der Waals surface area (Å²) in [4.78, 5) is 12.2. The van der Waals surface area contributed by atoms with Crippen LogP contribution in [0.25, 0.3) is 17.7 Å². The molecule has 0 aliphatic carbocycles. The lowest BCUT2D eigenvalue weighted by Crippen LogP contribution is -2.03. The molecule has 22 heavy (non-hydrogen) atoms. The summed E-state index contributed by atoms with van der Waals surface area (Å²) in [5.41, 5.74) is 3.99. The second kappa shape index (κ2) is 5.74. The summed E-state index contributed by atoms with van der Waals surface area (Å²) in [5.74, 6) is -0.00872. The Labute approximate surface area is 144 Å². The predicted molar refractivity (Wildman–Crippen MR) is 96.5 cm³/mol. The van der Waals surface area contributed by atoms with Crippen molar-refractivity contribution in [1.82, 2.24) is 0 Å². The molecule has 2 aromatic rings. The Hall–Kier alpha value is -1.85. The lowest BCUT2D eigenvalue weighted by atomic mass is 10.0. The van der Waals surface area contributed by atoms with Crippen LogP contribution in [0, 0.1) is 0 Å². The predicted octanol–water partition coefficient (Wildman–Crippen LogP) is 5.05. The molecule has 0 radical (unpaired) electrons. The number of hydrogen-bond donors (Lipinski definition) is 2. The fourth-order valence-corrected chi connectivity index (χ4v) is 3.54. The molecule has 110 valence electrons. The smallest absolute Gasteiger partial charge is 0.256 e. The monoisotopic (exact) mass is 419 g/mol. The highest BCUT2D eigenvalue weighted by Crippen LogP contribution is 2.37. The molecular weight excluding hydrogens is 410 g/mol. The first kappa shape index (κ1) is 15.1. The van der Waals surface area contributed by atoms with Crippen LogP contribution in [0.5, 0.6) is 5.75 Å². The summed E-state index contributed by atoms with van der Waals surface area (Å²) in [6.07, 6.45) is 3.53. The van der Waals surface area contributed by atoms with Crippen LogP contribution in [0.2, 0.25) is 0 Å². The van der Waals surface area contributed by atoms with Gasteiger partial charge in [-0.1, -0.05) is 24.8 Å². The fraction of sp³-hybridized carbons (Fsp3) is 0. The number of anilines is 1. The van der Waals surface area contributed by atoms with Crippen LogP contribution < -0.4 is 5.32 Å². The Balaban J connectivity index is 2.10. The number of benzene rings is 2. The number of fused-ring (bicyclic) bond motifs is 1. The highest BCUT2D eigenvalue weighted by atomic mass is 79.9. The molecule has 1 aliphatic rings. The quantitative estimate of drug-likeness (QED) is 0.667. The van der Waals surface area contributed by atoms with Gasteiger partial charge in [0.25, 0.3) is 5.91 Å². The van der Waals surface area contributed by atoms with E-state index in [9.17, 15) is 9.90 Å². The number of carbonyl (C=O) groups is 1. The largest absolute Gasteiger partial charge is 0.506 e. The lowest BCUT2D eigenvalue weighted by Gasteiger charge is -2.04. The normalized spacial score (nSPS) is 14.8. The van der Waals surface area contributed by atoms with Crippen molar-refractivity contribution in [2.24, 2.45) is 0 Å². The molecule has 0 atom stereocenters. The van der Waals surface area contributed by atoms with Crippen molar-refractivity contribution in [2.45, 2.75) is 0 Å². The molecule has 1 aliphatic heterocycles. The number of phenolic OH excluding ortho intramolecular Hbond substituents is 1. The zero-order chi connectivity index (χ0) is 15.9. The van der Waals surface area contributed by atoms with Crippen molar-refractivity contribution in [2.75, 3.05) is 5.32 Å². The zero-order valence-corrected chi connectivity index (χ0v) is 14.5. The van der Waals surface area contributed by atoms with Crippen LogP contribution in [-0.2, 0) is 4.79 Å². The van der Waals surface area contributed by atoms with E-state index in [1.54, 1.807) is 24.3 Å².